The monoisotopic (exact) mass is 448 g/mol. The number of rotatable bonds is 8. The second-order valence-electron chi connectivity index (χ2n) is 9.12. The third-order valence-corrected chi connectivity index (χ3v) is 4.97. The van der Waals surface area contributed by atoms with Crippen molar-refractivity contribution in [1.82, 2.24) is 20.5 Å². The van der Waals surface area contributed by atoms with E-state index in [1.165, 1.54) is 0 Å². The molecule has 0 unspecified atom stereocenters. The largest absolute Gasteiger partial charge is 0.444 e. The standard InChI is InChI=1S/C23H40N6O3/c1-23(2,3)32-22(30)25-13-8-16-31-19-11-14-29(15-12-19)21(24-4)26-17-18-9-7-10-20(27-18)28(5)6/h7,9-10,19H,8,11-17H2,1-6H3,(H,24,26)(H,25,30). The fraction of sp³-hybridized carbons (Fsp3) is 0.696. The lowest BCUT2D eigenvalue weighted by molar-refractivity contribution is 0.0170. The van der Waals surface area contributed by atoms with Crippen LogP contribution in [0.1, 0.15) is 45.7 Å². The van der Waals surface area contributed by atoms with Gasteiger partial charge >= 0.3 is 6.09 Å². The van der Waals surface area contributed by atoms with Crippen LogP contribution < -0.4 is 15.5 Å². The van der Waals surface area contributed by atoms with E-state index in [0.717, 1.165) is 49.8 Å². The molecule has 0 aliphatic carbocycles. The molecule has 1 saturated heterocycles. The number of nitrogens with zero attached hydrogens (tertiary/aromatic N) is 4. The Morgan fingerprint density at radius 2 is 1.97 bits per heavy atom. The molecule has 1 aliphatic heterocycles. The smallest absolute Gasteiger partial charge is 0.407 e. The summed E-state index contributed by atoms with van der Waals surface area (Å²) in [7, 11) is 5.79. The van der Waals surface area contributed by atoms with E-state index >= 15 is 0 Å². The van der Waals surface area contributed by atoms with Gasteiger partial charge in [0.1, 0.15) is 11.4 Å². The average molecular weight is 449 g/mol. The number of pyridine rings is 1. The molecular formula is C23H40N6O3. The fourth-order valence-electron chi connectivity index (χ4n) is 3.38. The summed E-state index contributed by atoms with van der Waals surface area (Å²) < 4.78 is 11.2. The Morgan fingerprint density at radius 3 is 2.59 bits per heavy atom. The zero-order valence-electron chi connectivity index (χ0n) is 20.5. The number of ether oxygens (including phenoxy) is 2. The van der Waals surface area contributed by atoms with Crippen LogP contribution in [0.4, 0.5) is 10.6 Å². The maximum atomic E-state index is 11.6. The van der Waals surface area contributed by atoms with Crippen LogP contribution in [0.25, 0.3) is 0 Å². The molecule has 1 aromatic rings. The first-order valence-electron chi connectivity index (χ1n) is 11.4. The second-order valence-corrected chi connectivity index (χ2v) is 9.12. The number of hydrogen-bond acceptors (Lipinski definition) is 6. The summed E-state index contributed by atoms with van der Waals surface area (Å²) >= 11 is 0. The molecule has 32 heavy (non-hydrogen) atoms. The number of anilines is 1. The molecule has 2 rings (SSSR count). The number of aromatic nitrogens is 1. The van der Waals surface area contributed by atoms with Crippen molar-refractivity contribution in [3.63, 3.8) is 0 Å². The van der Waals surface area contributed by atoms with E-state index in [1.807, 2.05) is 65.0 Å². The molecule has 0 bridgehead atoms. The van der Waals surface area contributed by atoms with Crippen molar-refractivity contribution in [3.05, 3.63) is 23.9 Å². The minimum atomic E-state index is -0.475. The molecule has 0 atom stereocenters. The molecule has 1 aromatic heterocycles. The maximum absolute atomic E-state index is 11.6. The van der Waals surface area contributed by atoms with Crippen LogP contribution in [0, 0.1) is 0 Å². The number of alkyl carbamates (subject to hydrolysis) is 1. The Bertz CT molecular complexity index is 739. The van der Waals surface area contributed by atoms with E-state index < -0.39 is 5.60 Å². The summed E-state index contributed by atoms with van der Waals surface area (Å²) in [6.45, 7) is 9.16. The Labute approximate surface area is 192 Å². The number of carbonyl (C=O) groups is 1. The molecule has 0 radical (unpaired) electrons. The van der Waals surface area contributed by atoms with Crippen LogP contribution in [0.3, 0.4) is 0 Å². The second kappa shape index (κ2) is 12.5. The molecule has 2 heterocycles. The Morgan fingerprint density at radius 1 is 1.25 bits per heavy atom. The number of piperidine rings is 1. The third kappa shape index (κ3) is 9.30. The number of amides is 1. The highest BCUT2D eigenvalue weighted by Gasteiger charge is 2.22. The van der Waals surface area contributed by atoms with Crippen molar-refractivity contribution >= 4 is 17.9 Å². The summed E-state index contributed by atoms with van der Waals surface area (Å²) in [6, 6.07) is 6.04. The number of aliphatic imine (C=N–C) groups is 1. The van der Waals surface area contributed by atoms with Crippen LogP contribution in [-0.2, 0) is 16.0 Å². The van der Waals surface area contributed by atoms with Crippen LogP contribution >= 0.6 is 0 Å². The summed E-state index contributed by atoms with van der Waals surface area (Å²) in [6.07, 6.45) is 2.53. The van der Waals surface area contributed by atoms with Gasteiger partial charge in [-0.05, 0) is 52.2 Å². The average Bonchev–Trinajstić information content (AvgIpc) is 2.74. The molecule has 1 aliphatic rings. The normalized spacial score (nSPS) is 15.4. The van der Waals surface area contributed by atoms with Gasteiger partial charge in [-0.3, -0.25) is 4.99 Å². The first kappa shape index (κ1) is 25.7. The molecule has 180 valence electrons. The highest BCUT2D eigenvalue weighted by Crippen LogP contribution is 2.15. The molecule has 2 N–H and O–H groups in total. The van der Waals surface area contributed by atoms with Gasteiger partial charge < -0.3 is 29.9 Å². The van der Waals surface area contributed by atoms with Crippen LogP contribution in [-0.4, -0.2) is 81.0 Å². The lowest BCUT2D eigenvalue weighted by Crippen LogP contribution is -2.46. The van der Waals surface area contributed by atoms with E-state index in [1.54, 1.807) is 0 Å². The van der Waals surface area contributed by atoms with E-state index in [4.69, 9.17) is 9.47 Å². The summed E-state index contributed by atoms with van der Waals surface area (Å²) in [5.41, 5.74) is 0.507. The highest BCUT2D eigenvalue weighted by atomic mass is 16.6. The van der Waals surface area contributed by atoms with Gasteiger partial charge in [-0.1, -0.05) is 6.07 Å². The van der Waals surface area contributed by atoms with Gasteiger partial charge in [-0.15, -0.1) is 0 Å². The van der Waals surface area contributed by atoms with E-state index in [9.17, 15) is 4.79 Å². The predicted octanol–water partition coefficient (Wildman–Crippen LogP) is 2.62. The zero-order valence-corrected chi connectivity index (χ0v) is 20.5. The number of nitrogens with one attached hydrogen (secondary N) is 2. The minimum Gasteiger partial charge on any atom is -0.444 e. The topological polar surface area (TPSA) is 91.3 Å². The molecule has 9 heteroatoms. The van der Waals surface area contributed by atoms with Gasteiger partial charge in [0.25, 0.3) is 0 Å². The summed E-state index contributed by atoms with van der Waals surface area (Å²) in [4.78, 5) is 25.0. The lowest BCUT2D eigenvalue weighted by Gasteiger charge is -2.34. The molecule has 0 aromatic carbocycles. The molecule has 1 fully saturated rings. The Kier molecular flexibility index (Phi) is 10.0. The van der Waals surface area contributed by atoms with Crippen LogP contribution in [0.2, 0.25) is 0 Å². The molecule has 0 spiro atoms. The van der Waals surface area contributed by atoms with Crippen molar-refractivity contribution in [2.75, 3.05) is 52.3 Å². The summed E-state index contributed by atoms with van der Waals surface area (Å²) in [5, 5.41) is 6.19. The first-order chi connectivity index (χ1) is 15.2. The quantitative estimate of drug-likeness (QED) is 0.359. The van der Waals surface area contributed by atoms with Crippen LogP contribution in [0.5, 0.6) is 0 Å². The van der Waals surface area contributed by atoms with Crippen molar-refractivity contribution in [2.24, 2.45) is 4.99 Å². The molecular weight excluding hydrogens is 408 g/mol. The third-order valence-electron chi connectivity index (χ3n) is 4.97. The maximum Gasteiger partial charge on any atom is 0.407 e. The Hall–Kier alpha value is -2.55. The van der Waals surface area contributed by atoms with Gasteiger partial charge in [0.15, 0.2) is 5.96 Å². The lowest BCUT2D eigenvalue weighted by atomic mass is 10.1. The van der Waals surface area contributed by atoms with Crippen molar-refractivity contribution in [1.29, 1.82) is 0 Å². The summed E-state index contributed by atoms with van der Waals surface area (Å²) in [5.74, 6) is 1.83. The van der Waals surface area contributed by atoms with Gasteiger partial charge in [0.05, 0.1) is 18.3 Å². The number of hydrogen-bond donors (Lipinski definition) is 2. The van der Waals surface area contributed by atoms with E-state index in [0.29, 0.717) is 19.7 Å². The Balaban J connectivity index is 1.65. The van der Waals surface area contributed by atoms with Gasteiger partial charge in [0, 0.05) is 47.4 Å². The molecule has 0 saturated carbocycles. The predicted molar refractivity (Wildman–Crippen MR) is 128 cm³/mol. The van der Waals surface area contributed by atoms with E-state index in [2.05, 4.69) is 25.5 Å². The highest BCUT2D eigenvalue weighted by molar-refractivity contribution is 5.79. The van der Waals surface area contributed by atoms with Crippen LogP contribution in [0.15, 0.2) is 23.2 Å². The van der Waals surface area contributed by atoms with Crippen molar-refractivity contribution in [3.8, 4) is 0 Å². The molecule has 9 nitrogen and oxygen atoms in total. The van der Waals surface area contributed by atoms with Crippen molar-refractivity contribution in [2.45, 2.75) is 58.3 Å². The van der Waals surface area contributed by atoms with Crippen molar-refractivity contribution < 1.29 is 14.3 Å². The van der Waals surface area contributed by atoms with Gasteiger partial charge in [-0.2, -0.15) is 0 Å². The minimum absolute atomic E-state index is 0.240. The molecule has 1 amide bonds. The van der Waals surface area contributed by atoms with Gasteiger partial charge in [-0.25, -0.2) is 9.78 Å². The first-order valence-corrected chi connectivity index (χ1v) is 11.4. The fourth-order valence-corrected chi connectivity index (χ4v) is 3.38. The number of carbonyl (C=O) groups excluding carboxylic acids is 1. The SMILES string of the molecule is CN=C(NCc1cccc(N(C)C)n1)N1CCC(OCCCNC(=O)OC(C)(C)C)CC1. The zero-order chi connectivity index (χ0) is 23.6. The van der Waals surface area contributed by atoms with E-state index in [-0.39, 0.29) is 12.2 Å². The van der Waals surface area contributed by atoms with Gasteiger partial charge in [0.2, 0.25) is 0 Å². The number of guanidine groups is 1. The number of likely N-dealkylation sites (tertiary alicyclic amines) is 1.